The monoisotopic (exact) mass is 186 g/mol. The van der Waals surface area contributed by atoms with E-state index >= 15 is 0 Å². The van der Waals surface area contributed by atoms with E-state index in [0.717, 1.165) is 22.2 Å². The van der Waals surface area contributed by atoms with Crippen molar-refractivity contribution in [2.75, 3.05) is 6.61 Å². The summed E-state index contributed by atoms with van der Waals surface area (Å²) in [6, 6.07) is 7.99. The Morgan fingerprint density at radius 1 is 1.43 bits per heavy atom. The van der Waals surface area contributed by atoms with Gasteiger partial charge in [0.15, 0.2) is 0 Å². The van der Waals surface area contributed by atoms with Crippen LogP contribution in [0.2, 0.25) is 0 Å². The highest BCUT2D eigenvalue weighted by Gasteiger charge is 2.20. The van der Waals surface area contributed by atoms with E-state index in [0.29, 0.717) is 6.61 Å². The highest BCUT2D eigenvalue weighted by Crippen LogP contribution is 2.33. The third-order valence-electron chi connectivity index (χ3n) is 2.55. The van der Waals surface area contributed by atoms with E-state index in [-0.39, 0.29) is 6.04 Å². The fourth-order valence-corrected chi connectivity index (χ4v) is 1.80. The summed E-state index contributed by atoms with van der Waals surface area (Å²) in [6.45, 7) is 0.575. The highest BCUT2D eigenvalue weighted by atomic mass is 16.5. The smallest absolute Gasteiger partial charge is 0.126 e. The number of fused-ring (bicyclic) bond motifs is 2. The van der Waals surface area contributed by atoms with Crippen LogP contribution in [0.1, 0.15) is 11.6 Å². The van der Waals surface area contributed by atoms with E-state index in [4.69, 9.17) is 10.5 Å². The lowest BCUT2D eigenvalue weighted by Gasteiger charge is -2.02. The van der Waals surface area contributed by atoms with Crippen LogP contribution < -0.4 is 10.5 Å². The molecule has 0 bridgehead atoms. The predicted octanol–water partition coefficient (Wildman–Crippen LogP) is 1.63. The summed E-state index contributed by atoms with van der Waals surface area (Å²) in [5, 5.41) is 1.12. The van der Waals surface area contributed by atoms with Crippen LogP contribution in [0.25, 0.3) is 10.9 Å². The summed E-state index contributed by atoms with van der Waals surface area (Å²) in [6.07, 6.45) is 1.78. The maximum Gasteiger partial charge on any atom is 0.126 e. The molecule has 3 nitrogen and oxygen atoms in total. The minimum atomic E-state index is 0.00889. The first kappa shape index (κ1) is 7.76. The largest absolute Gasteiger partial charge is 0.491 e. The molecule has 1 aliphatic heterocycles. The molecule has 1 atom stereocenters. The topological polar surface area (TPSA) is 48.1 Å². The molecule has 3 rings (SSSR count). The molecular formula is C11H10N2O. The van der Waals surface area contributed by atoms with E-state index in [9.17, 15) is 0 Å². The van der Waals surface area contributed by atoms with Gasteiger partial charge < -0.3 is 10.5 Å². The zero-order valence-electron chi connectivity index (χ0n) is 7.60. The molecule has 0 saturated heterocycles. The van der Waals surface area contributed by atoms with Crippen molar-refractivity contribution >= 4 is 10.9 Å². The maximum atomic E-state index is 5.89. The summed E-state index contributed by atoms with van der Waals surface area (Å²) >= 11 is 0. The second kappa shape index (κ2) is 2.69. The second-order valence-corrected chi connectivity index (χ2v) is 3.50. The number of nitrogens with two attached hydrogens (primary N) is 1. The fourth-order valence-electron chi connectivity index (χ4n) is 1.80. The number of benzene rings is 1. The second-order valence-electron chi connectivity index (χ2n) is 3.50. The molecule has 1 aromatic carbocycles. The molecule has 0 fully saturated rings. The van der Waals surface area contributed by atoms with Gasteiger partial charge in [0, 0.05) is 23.2 Å². The van der Waals surface area contributed by atoms with Gasteiger partial charge in [-0.25, -0.2) is 0 Å². The lowest BCUT2D eigenvalue weighted by Crippen LogP contribution is -2.10. The Morgan fingerprint density at radius 2 is 2.36 bits per heavy atom. The Labute approximate surface area is 81.5 Å². The van der Waals surface area contributed by atoms with E-state index in [1.165, 1.54) is 0 Å². The van der Waals surface area contributed by atoms with E-state index in [1.807, 2.05) is 18.2 Å². The van der Waals surface area contributed by atoms with Crippen LogP contribution in [-0.4, -0.2) is 11.6 Å². The van der Waals surface area contributed by atoms with Gasteiger partial charge >= 0.3 is 0 Å². The molecule has 14 heavy (non-hydrogen) atoms. The van der Waals surface area contributed by atoms with E-state index < -0.39 is 0 Å². The van der Waals surface area contributed by atoms with Crippen LogP contribution in [0.15, 0.2) is 30.5 Å². The third kappa shape index (κ3) is 0.992. The summed E-state index contributed by atoms with van der Waals surface area (Å²) in [5.41, 5.74) is 7.94. The van der Waals surface area contributed by atoms with Crippen molar-refractivity contribution in [3.05, 3.63) is 36.0 Å². The molecule has 0 saturated carbocycles. The summed E-state index contributed by atoms with van der Waals surface area (Å²) in [5.74, 6) is 0.878. The number of hydrogen-bond donors (Lipinski definition) is 1. The Bertz CT molecular complexity index is 496. The molecule has 0 unspecified atom stereocenters. The standard InChI is InChI=1S/C11H10N2O/c12-9-6-14-11-5-10-7(4-8(9)11)2-1-3-13-10/h1-5,9H,6,12H2/t9-/m0/s1. The van der Waals surface area contributed by atoms with Crippen LogP contribution in [0, 0.1) is 0 Å². The predicted molar refractivity (Wildman–Crippen MR) is 54.2 cm³/mol. The van der Waals surface area contributed by atoms with Crippen molar-refractivity contribution in [3.63, 3.8) is 0 Å². The van der Waals surface area contributed by atoms with Crippen molar-refractivity contribution in [1.82, 2.24) is 4.98 Å². The molecule has 2 aromatic rings. The van der Waals surface area contributed by atoms with Gasteiger partial charge in [0.1, 0.15) is 12.4 Å². The van der Waals surface area contributed by atoms with Gasteiger partial charge in [-0.3, -0.25) is 4.98 Å². The zero-order chi connectivity index (χ0) is 9.54. The number of aromatic nitrogens is 1. The van der Waals surface area contributed by atoms with Crippen molar-refractivity contribution < 1.29 is 4.74 Å². The van der Waals surface area contributed by atoms with Crippen LogP contribution in [0.3, 0.4) is 0 Å². The number of hydrogen-bond acceptors (Lipinski definition) is 3. The average Bonchev–Trinajstić information content (AvgIpc) is 2.57. The summed E-state index contributed by atoms with van der Waals surface area (Å²) < 4.78 is 5.45. The SMILES string of the molecule is N[C@H]1COc2cc3ncccc3cc21. The van der Waals surface area contributed by atoms with Gasteiger partial charge in [-0.05, 0) is 12.1 Å². The summed E-state index contributed by atoms with van der Waals surface area (Å²) in [4.78, 5) is 4.26. The normalized spacial score (nSPS) is 19.4. The number of pyridine rings is 1. The lowest BCUT2D eigenvalue weighted by molar-refractivity contribution is 0.333. The van der Waals surface area contributed by atoms with E-state index in [1.54, 1.807) is 6.20 Å². The van der Waals surface area contributed by atoms with Crippen LogP contribution in [0.4, 0.5) is 0 Å². The molecule has 2 heterocycles. The average molecular weight is 186 g/mol. The zero-order valence-corrected chi connectivity index (χ0v) is 7.60. The molecule has 70 valence electrons. The quantitative estimate of drug-likeness (QED) is 0.680. The minimum absolute atomic E-state index is 0.00889. The van der Waals surface area contributed by atoms with Crippen molar-refractivity contribution in [3.8, 4) is 5.75 Å². The fraction of sp³-hybridized carbons (Fsp3) is 0.182. The lowest BCUT2D eigenvalue weighted by atomic mass is 10.1. The highest BCUT2D eigenvalue weighted by molar-refractivity contribution is 5.81. The van der Waals surface area contributed by atoms with Crippen molar-refractivity contribution in [1.29, 1.82) is 0 Å². The van der Waals surface area contributed by atoms with Crippen LogP contribution in [0.5, 0.6) is 5.75 Å². The van der Waals surface area contributed by atoms with Gasteiger partial charge in [-0.15, -0.1) is 0 Å². The first-order chi connectivity index (χ1) is 6.84. The Hall–Kier alpha value is -1.61. The molecule has 0 aliphatic carbocycles. The number of rotatable bonds is 0. The molecule has 3 heteroatoms. The first-order valence-electron chi connectivity index (χ1n) is 4.61. The molecular weight excluding hydrogens is 176 g/mol. The van der Waals surface area contributed by atoms with Gasteiger partial charge in [-0.2, -0.15) is 0 Å². The van der Waals surface area contributed by atoms with Crippen molar-refractivity contribution in [2.45, 2.75) is 6.04 Å². The molecule has 0 radical (unpaired) electrons. The first-order valence-corrected chi connectivity index (χ1v) is 4.61. The van der Waals surface area contributed by atoms with Gasteiger partial charge in [0.05, 0.1) is 11.6 Å². The Morgan fingerprint density at radius 3 is 3.29 bits per heavy atom. The minimum Gasteiger partial charge on any atom is -0.491 e. The van der Waals surface area contributed by atoms with Crippen LogP contribution in [-0.2, 0) is 0 Å². The molecule has 0 spiro atoms. The molecule has 2 N–H and O–H groups in total. The van der Waals surface area contributed by atoms with Gasteiger partial charge in [0.25, 0.3) is 0 Å². The Balaban J connectivity index is 2.33. The summed E-state index contributed by atoms with van der Waals surface area (Å²) in [7, 11) is 0. The van der Waals surface area contributed by atoms with Crippen LogP contribution >= 0.6 is 0 Å². The van der Waals surface area contributed by atoms with Crippen molar-refractivity contribution in [2.24, 2.45) is 5.73 Å². The Kier molecular flexibility index (Phi) is 1.49. The van der Waals surface area contributed by atoms with E-state index in [2.05, 4.69) is 11.1 Å². The number of nitrogens with zero attached hydrogens (tertiary/aromatic N) is 1. The molecule has 1 aliphatic rings. The van der Waals surface area contributed by atoms with Gasteiger partial charge in [-0.1, -0.05) is 6.07 Å². The number of ether oxygens (including phenoxy) is 1. The maximum absolute atomic E-state index is 5.89. The molecule has 1 aromatic heterocycles. The van der Waals surface area contributed by atoms with Gasteiger partial charge in [0.2, 0.25) is 0 Å². The third-order valence-corrected chi connectivity index (χ3v) is 2.55. The molecule has 0 amide bonds.